The maximum atomic E-state index is 13.5. The van der Waals surface area contributed by atoms with Gasteiger partial charge in [-0.3, -0.25) is 15.0 Å². The molecule has 29 heavy (non-hydrogen) atoms. The fourth-order valence-corrected chi connectivity index (χ4v) is 4.98. The summed E-state index contributed by atoms with van der Waals surface area (Å²) >= 11 is 0. The molecule has 1 saturated carbocycles. The Balaban J connectivity index is 1.81. The quantitative estimate of drug-likeness (QED) is 0.359. The number of nitrogen functional groups attached to an aromatic ring is 1. The van der Waals surface area contributed by atoms with Crippen molar-refractivity contribution in [1.29, 1.82) is 5.41 Å². The number of phenols is 1. The van der Waals surface area contributed by atoms with Crippen molar-refractivity contribution in [1.82, 2.24) is 10.2 Å². The monoisotopic (exact) mass is 401 g/mol. The van der Waals surface area contributed by atoms with Gasteiger partial charge in [-0.25, -0.2) is 0 Å². The lowest BCUT2D eigenvalue weighted by Crippen LogP contribution is -2.62. The zero-order chi connectivity index (χ0) is 21.0. The minimum atomic E-state index is -0.835. The van der Waals surface area contributed by atoms with Crippen molar-refractivity contribution in [3.05, 3.63) is 29.3 Å². The molecule has 7 N–H and O–H groups in total. The number of aromatic hydroxyl groups is 1. The summed E-state index contributed by atoms with van der Waals surface area (Å²) in [5, 5.41) is 20.5. The van der Waals surface area contributed by atoms with Crippen molar-refractivity contribution in [3.63, 3.8) is 0 Å². The molecule has 2 amide bonds. The van der Waals surface area contributed by atoms with Gasteiger partial charge in [0.1, 0.15) is 17.1 Å². The molecular formula is C21H31N5O3. The zero-order valence-corrected chi connectivity index (χ0v) is 16.7. The van der Waals surface area contributed by atoms with Gasteiger partial charge in [0, 0.05) is 13.1 Å². The van der Waals surface area contributed by atoms with Gasteiger partial charge in [0.15, 0.2) is 0 Å². The molecule has 1 atom stereocenters. The van der Waals surface area contributed by atoms with Crippen molar-refractivity contribution >= 4 is 17.6 Å². The van der Waals surface area contributed by atoms with Crippen LogP contribution in [0.2, 0.25) is 0 Å². The normalized spacial score (nSPS) is 22.4. The topological polar surface area (TPSA) is 146 Å². The summed E-state index contributed by atoms with van der Waals surface area (Å²) < 4.78 is 0. The van der Waals surface area contributed by atoms with Gasteiger partial charge in [0.05, 0.1) is 12.1 Å². The lowest BCUT2D eigenvalue weighted by molar-refractivity contribution is -0.148. The molecule has 1 aliphatic carbocycles. The molecule has 0 spiro atoms. The van der Waals surface area contributed by atoms with Crippen LogP contribution in [0.5, 0.6) is 5.75 Å². The van der Waals surface area contributed by atoms with Crippen molar-refractivity contribution in [2.45, 2.75) is 57.0 Å². The minimum absolute atomic E-state index is 0.0907. The van der Waals surface area contributed by atoms with Crippen LogP contribution >= 0.6 is 0 Å². The van der Waals surface area contributed by atoms with E-state index in [1.165, 1.54) is 12.5 Å². The molecule has 8 heteroatoms. The van der Waals surface area contributed by atoms with Crippen molar-refractivity contribution in [2.75, 3.05) is 13.1 Å². The summed E-state index contributed by atoms with van der Waals surface area (Å²) in [6.07, 6.45) is 6.65. The summed E-state index contributed by atoms with van der Waals surface area (Å²) in [7, 11) is 0. The number of rotatable bonds is 6. The SMILES string of the molecule is N=C(N)c1ccc(CNC(=O)[C@]2(C3CCCCC3)CCCN2C(=O)CN)cc1O. The van der Waals surface area contributed by atoms with Crippen LogP contribution in [0.4, 0.5) is 0 Å². The third-order valence-electron chi connectivity index (χ3n) is 6.38. The molecule has 0 bridgehead atoms. The number of likely N-dealkylation sites (tertiary alicyclic amines) is 1. The Morgan fingerprint density at radius 1 is 1.24 bits per heavy atom. The summed E-state index contributed by atoms with van der Waals surface area (Å²) in [5.74, 6) is -0.475. The van der Waals surface area contributed by atoms with Crippen LogP contribution < -0.4 is 16.8 Å². The molecule has 2 fully saturated rings. The second kappa shape index (κ2) is 8.82. The van der Waals surface area contributed by atoms with Crippen molar-refractivity contribution in [3.8, 4) is 5.75 Å². The molecule has 0 aromatic heterocycles. The Hall–Kier alpha value is -2.61. The number of hydrogen-bond acceptors (Lipinski definition) is 5. The molecule has 158 valence electrons. The lowest BCUT2D eigenvalue weighted by Gasteiger charge is -2.44. The molecule has 0 unspecified atom stereocenters. The fourth-order valence-electron chi connectivity index (χ4n) is 4.98. The van der Waals surface area contributed by atoms with Crippen LogP contribution in [-0.4, -0.2) is 46.3 Å². The van der Waals surface area contributed by atoms with Gasteiger partial charge >= 0.3 is 0 Å². The van der Waals surface area contributed by atoms with E-state index >= 15 is 0 Å². The Labute approximate surface area is 171 Å². The predicted molar refractivity (Wildman–Crippen MR) is 110 cm³/mol. The smallest absolute Gasteiger partial charge is 0.246 e. The zero-order valence-electron chi connectivity index (χ0n) is 16.7. The number of carbonyl (C=O) groups is 2. The van der Waals surface area contributed by atoms with Gasteiger partial charge in [-0.1, -0.05) is 25.3 Å². The standard InChI is InChI=1S/C21H31N5O3/c22-12-18(28)26-10-4-9-21(26,15-5-2-1-3-6-15)20(29)25-13-14-7-8-16(19(23)24)17(27)11-14/h7-8,11,15,27H,1-6,9-10,12-13,22H2,(H3,23,24)(H,25,29)/t21-/m1/s1. The Bertz CT molecular complexity index is 791. The fraction of sp³-hybridized carbons (Fsp3) is 0.571. The summed E-state index contributed by atoms with van der Waals surface area (Å²) in [4.78, 5) is 27.7. The maximum Gasteiger partial charge on any atom is 0.246 e. The first-order valence-corrected chi connectivity index (χ1v) is 10.3. The first kappa shape index (κ1) is 21.1. The number of phenolic OH excluding ortho intramolecular Hbond substituents is 1. The number of carbonyl (C=O) groups excluding carboxylic acids is 2. The molecule has 1 saturated heterocycles. The van der Waals surface area contributed by atoms with E-state index in [-0.39, 0.29) is 48.0 Å². The van der Waals surface area contributed by atoms with E-state index in [4.69, 9.17) is 16.9 Å². The molecule has 1 aromatic rings. The van der Waals surface area contributed by atoms with Crippen LogP contribution in [0.1, 0.15) is 56.1 Å². The van der Waals surface area contributed by atoms with Crippen LogP contribution in [0.3, 0.4) is 0 Å². The van der Waals surface area contributed by atoms with Gasteiger partial charge in [0.25, 0.3) is 0 Å². The number of hydrogen-bond donors (Lipinski definition) is 5. The maximum absolute atomic E-state index is 13.5. The van der Waals surface area contributed by atoms with Gasteiger partial charge in [-0.15, -0.1) is 0 Å². The highest BCUT2D eigenvalue weighted by molar-refractivity contribution is 5.97. The van der Waals surface area contributed by atoms with E-state index < -0.39 is 5.54 Å². The highest BCUT2D eigenvalue weighted by Crippen LogP contribution is 2.43. The van der Waals surface area contributed by atoms with Crippen LogP contribution in [-0.2, 0) is 16.1 Å². The Kier molecular flexibility index (Phi) is 6.42. The molecule has 0 radical (unpaired) electrons. The molecule has 1 aromatic carbocycles. The highest BCUT2D eigenvalue weighted by atomic mass is 16.3. The summed E-state index contributed by atoms with van der Waals surface area (Å²) in [5.41, 5.74) is 11.2. The van der Waals surface area contributed by atoms with Crippen molar-refractivity contribution in [2.24, 2.45) is 17.4 Å². The number of amides is 2. The number of benzene rings is 1. The lowest BCUT2D eigenvalue weighted by atomic mass is 9.72. The van der Waals surface area contributed by atoms with Gasteiger partial charge in [-0.05, 0) is 49.3 Å². The first-order chi connectivity index (χ1) is 13.9. The summed E-state index contributed by atoms with van der Waals surface area (Å²) in [6, 6.07) is 4.79. The van der Waals surface area contributed by atoms with E-state index in [0.29, 0.717) is 18.5 Å². The van der Waals surface area contributed by atoms with Crippen LogP contribution in [0.25, 0.3) is 0 Å². The van der Waals surface area contributed by atoms with Crippen LogP contribution in [0.15, 0.2) is 18.2 Å². The number of nitrogens with zero attached hydrogens (tertiary/aromatic N) is 1. The first-order valence-electron chi connectivity index (χ1n) is 10.3. The average molecular weight is 402 g/mol. The highest BCUT2D eigenvalue weighted by Gasteiger charge is 2.54. The second-order valence-corrected chi connectivity index (χ2v) is 8.06. The molecular weight excluding hydrogens is 370 g/mol. The molecule has 1 heterocycles. The average Bonchev–Trinajstić information content (AvgIpc) is 3.18. The summed E-state index contributed by atoms with van der Waals surface area (Å²) in [6.45, 7) is 0.694. The second-order valence-electron chi connectivity index (χ2n) is 8.06. The number of nitrogens with one attached hydrogen (secondary N) is 2. The molecule has 2 aliphatic rings. The van der Waals surface area contributed by atoms with Crippen molar-refractivity contribution < 1.29 is 14.7 Å². The largest absolute Gasteiger partial charge is 0.507 e. The van der Waals surface area contributed by atoms with Gasteiger partial charge in [0.2, 0.25) is 11.8 Å². The predicted octanol–water partition coefficient (Wildman–Crippen LogP) is 1.19. The van der Waals surface area contributed by atoms with E-state index in [1.807, 2.05) is 0 Å². The minimum Gasteiger partial charge on any atom is -0.507 e. The van der Waals surface area contributed by atoms with E-state index in [0.717, 1.165) is 32.1 Å². The third kappa shape index (κ3) is 4.07. The molecule has 1 aliphatic heterocycles. The Morgan fingerprint density at radius 3 is 2.59 bits per heavy atom. The van der Waals surface area contributed by atoms with E-state index in [1.54, 1.807) is 17.0 Å². The Morgan fingerprint density at radius 2 is 1.97 bits per heavy atom. The van der Waals surface area contributed by atoms with Gasteiger partial charge in [-0.2, -0.15) is 0 Å². The van der Waals surface area contributed by atoms with E-state index in [2.05, 4.69) is 5.32 Å². The number of amidine groups is 1. The third-order valence-corrected chi connectivity index (χ3v) is 6.38. The molecule has 3 rings (SSSR count). The van der Waals surface area contributed by atoms with Gasteiger partial charge < -0.3 is 26.8 Å². The number of nitrogens with two attached hydrogens (primary N) is 2. The molecule has 8 nitrogen and oxygen atoms in total. The van der Waals surface area contributed by atoms with Crippen LogP contribution in [0, 0.1) is 11.3 Å². The van der Waals surface area contributed by atoms with E-state index in [9.17, 15) is 14.7 Å².